The molecule has 0 spiro atoms. The van der Waals surface area contributed by atoms with Crippen molar-refractivity contribution in [1.29, 1.82) is 0 Å². The predicted octanol–water partition coefficient (Wildman–Crippen LogP) is 17.4. The van der Waals surface area contributed by atoms with Crippen molar-refractivity contribution in [3.8, 4) is 0 Å². The number of quaternary nitrogens is 1. The summed E-state index contributed by atoms with van der Waals surface area (Å²) >= 11 is 0. The third-order valence-corrected chi connectivity index (χ3v) is 12.9. The first kappa shape index (κ1) is 67.9. The SMILES string of the molecule is CC/C=C\C/C=C\C/C=C\C/C=C\C/C=C\C/C=C\C/C=C\CCCCCCCC(=O)NC(COP(=O)(O)OCC[N+](C)(C)C)C(O)/C=C/CC/C=C/CC/C=C/CCCCCCCCCCCCCC. The van der Waals surface area contributed by atoms with Crippen molar-refractivity contribution >= 4 is 13.7 Å². The fourth-order valence-electron chi connectivity index (χ4n) is 7.46. The first-order valence-corrected chi connectivity index (χ1v) is 29.9. The van der Waals surface area contributed by atoms with Gasteiger partial charge in [0.1, 0.15) is 13.2 Å². The molecule has 0 aromatic carbocycles. The van der Waals surface area contributed by atoms with E-state index in [9.17, 15) is 19.4 Å². The number of nitrogens with one attached hydrogen (secondary N) is 1. The molecule has 0 fully saturated rings. The van der Waals surface area contributed by atoms with Crippen LogP contribution in [0.4, 0.5) is 0 Å². The van der Waals surface area contributed by atoms with E-state index in [1.54, 1.807) is 6.08 Å². The predicted molar refractivity (Wildman–Crippen MR) is 308 cm³/mol. The van der Waals surface area contributed by atoms with Crippen LogP contribution in [0.2, 0.25) is 0 Å². The molecule has 0 aliphatic heterocycles. The number of aliphatic hydroxyl groups excluding tert-OH is 1. The standard InChI is InChI=1S/C62H107N2O6P/c1-6-8-10-12-14-16-18-20-22-24-26-28-30-31-32-33-34-36-38-40-42-44-46-48-50-52-54-56-62(66)63-60(59-70-71(67,68)69-58-57-64(3,4)5)61(65)55-53-51-49-47-45-43-41-39-37-35-29-27-25-23-21-19-17-15-13-11-9-7-2/h8,10,14,16,20,22,26,28,31-32,34,36-37,39-40,42,45,47,53,55,60-61,65H,6-7,9,11-13,15,17-19,21,23-25,27,29-30,33,35,38,41,43-44,46,48-52,54,56-59H2,1-5H3,(H-,63,66,67,68)/p+1/b10-8-,16-14-,22-20-,28-26-,32-31-,36-34-,39-37+,42-40-,47-45+,55-53+. The molecule has 0 radical (unpaired) electrons. The minimum Gasteiger partial charge on any atom is -0.387 e. The molecule has 8 nitrogen and oxygen atoms in total. The van der Waals surface area contributed by atoms with Crippen LogP contribution in [0.1, 0.15) is 213 Å². The van der Waals surface area contributed by atoms with Crippen molar-refractivity contribution in [2.24, 2.45) is 0 Å². The Hall–Kier alpha value is -3.10. The minimum absolute atomic E-state index is 0.0423. The van der Waals surface area contributed by atoms with Gasteiger partial charge in [0, 0.05) is 6.42 Å². The van der Waals surface area contributed by atoms with Gasteiger partial charge in [-0.2, -0.15) is 0 Å². The van der Waals surface area contributed by atoms with Crippen LogP contribution in [0.25, 0.3) is 0 Å². The molecular weight excluding hydrogens is 900 g/mol. The minimum atomic E-state index is -4.37. The van der Waals surface area contributed by atoms with Crippen LogP contribution < -0.4 is 5.32 Å². The molecule has 3 atom stereocenters. The molecule has 0 saturated heterocycles. The van der Waals surface area contributed by atoms with Crippen LogP contribution in [0.3, 0.4) is 0 Å². The normalized spacial score (nSPS) is 14.9. The summed E-state index contributed by atoms with van der Waals surface area (Å²) in [5.41, 5.74) is 0. The van der Waals surface area contributed by atoms with Crippen LogP contribution in [-0.2, 0) is 18.4 Å². The second kappa shape index (κ2) is 51.8. The monoisotopic (exact) mass is 1010 g/mol. The summed E-state index contributed by atoms with van der Waals surface area (Å²) in [6.45, 7) is 4.65. The number of hydrogen-bond acceptors (Lipinski definition) is 5. The van der Waals surface area contributed by atoms with E-state index >= 15 is 0 Å². The summed E-state index contributed by atoms with van der Waals surface area (Å²) < 4.78 is 23.7. The number of phosphoric acid groups is 1. The highest BCUT2D eigenvalue weighted by Gasteiger charge is 2.27. The number of aliphatic hydroxyl groups is 1. The zero-order valence-corrected chi connectivity index (χ0v) is 47.1. The molecule has 71 heavy (non-hydrogen) atoms. The van der Waals surface area contributed by atoms with Crippen molar-refractivity contribution in [3.63, 3.8) is 0 Å². The number of allylic oxidation sites excluding steroid dienone is 19. The van der Waals surface area contributed by atoms with E-state index in [1.807, 2.05) is 27.2 Å². The van der Waals surface area contributed by atoms with Gasteiger partial charge in [-0.3, -0.25) is 13.8 Å². The van der Waals surface area contributed by atoms with Crippen molar-refractivity contribution in [2.75, 3.05) is 40.9 Å². The van der Waals surface area contributed by atoms with Crippen LogP contribution in [0.15, 0.2) is 122 Å². The summed E-state index contributed by atoms with van der Waals surface area (Å²) in [5.74, 6) is -0.215. The van der Waals surface area contributed by atoms with Gasteiger partial charge in [0.05, 0.1) is 39.9 Å². The lowest BCUT2D eigenvalue weighted by Crippen LogP contribution is -2.45. The Labute approximate surface area is 437 Å². The quantitative estimate of drug-likeness (QED) is 0.0243. The fourth-order valence-corrected chi connectivity index (χ4v) is 8.20. The highest BCUT2D eigenvalue weighted by Crippen LogP contribution is 2.43. The first-order chi connectivity index (χ1) is 34.5. The topological polar surface area (TPSA) is 105 Å². The molecule has 3 N–H and O–H groups in total. The van der Waals surface area contributed by atoms with Gasteiger partial charge in [-0.15, -0.1) is 0 Å². The van der Waals surface area contributed by atoms with Crippen LogP contribution in [0, 0.1) is 0 Å². The number of rotatable bonds is 50. The number of likely N-dealkylation sites (N-methyl/N-ethyl adjacent to an activating group) is 1. The summed E-state index contributed by atoms with van der Waals surface area (Å²) in [6, 6.07) is -0.891. The lowest BCUT2D eigenvalue weighted by atomic mass is 10.0. The Balaban J connectivity index is 4.40. The van der Waals surface area contributed by atoms with Gasteiger partial charge in [0.15, 0.2) is 0 Å². The third-order valence-electron chi connectivity index (χ3n) is 11.9. The molecule has 0 saturated carbocycles. The summed E-state index contributed by atoms with van der Waals surface area (Å²) in [5, 5.41) is 13.9. The Bertz CT molecular complexity index is 1560. The van der Waals surface area contributed by atoms with E-state index in [0.717, 1.165) is 109 Å². The Kier molecular flexibility index (Phi) is 49.5. The first-order valence-electron chi connectivity index (χ1n) is 28.4. The maximum atomic E-state index is 13.0. The lowest BCUT2D eigenvalue weighted by Gasteiger charge is -2.25. The summed E-state index contributed by atoms with van der Waals surface area (Å²) in [4.78, 5) is 23.3. The second-order valence-electron chi connectivity index (χ2n) is 19.9. The number of phosphoric ester groups is 1. The zero-order valence-electron chi connectivity index (χ0n) is 46.2. The van der Waals surface area contributed by atoms with Crippen LogP contribution in [0.5, 0.6) is 0 Å². The van der Waals surface area contributed by atoms with Crippen molar-refractivity contribution in [3.05, 3.63) is 122 Å². The molecule has 1 amide bonds. The van der Waals surface area contributed by atoms with E-state index in [4.69, 9.17) is 9.05 Å². The molecule has 0 bridgehead atoms. The average molecular weight is 1010 g/mol. The van der Waals surface area contributed by atoms with E-state index in [2.05, 4.69) is 129 Å². The van der Waals surface area contributed by atoms with Gasteiger partial charge in [0.25, 0.3) is 0 Å². The fraction of sp³-hybridized carbons (Fsp3) is 0.661. The van der Waals surface area contributed by atoms with Crippen LogP contribution >= 0.6 is 7.82 Å². The maximum absolute atomic E-state index is 13.0. The molecule has 0 rings (SSSR count). The molecule has 406 valence electrons. The van der Waals surface area contributed by atoms with Gasteiger partial charge in [-0.1, -0.05) is 225 Å². The van der Waals surface area contributed by atoms with Crippen molar-refractivity contribution in [1.82, 2.24) is 5.32 Å². The van der Waals surface area contributed by atoms with Crippen LogP contribution in [-0.4, -0.2) is 73.4 Å². The molecule has 9 heteroatoms. The number of carbonyl (C=O) groups is 1. The third kappa shape index (κ3) is 54.5. The van der Waals surface area contributed by atoms with Gasteiger partial charge >= 0.3 is 7.82 Å². The van der Waals surface area contributed by atoms with E-state index < -0.39 is 20.0 Å². The Morgan fingerprint density at radius 2 is 0.859 bits per heavy atom. The molecule has 0 aromatic rings. The molecular formula is C62H108N2O6P+. The van der Waals surface area contributed by atoms with E-state index in [-0.39, 0.29) is 19.1 Å². The molecule has 0 heterocycles. The van der Waals surface area contributed by atoms with Crippen molar-refractivity contribution < 1.29 is 32.9 Å². The molecule has 3 unspecified atom stereocenters. The number of unbranched alkanes of at least 4 members (excludes halogenated alkanes) is 19. The number of nitrogens with zero attached hydrogens (tertiary/aromatic N) is 1. The highest BCUT2D eigenvalue weighted by molar-refractivity contribution is 7.47. The number of hydrogen-bond donors (Lipinski definition) is 3. The van der Waals surface area contributed by atoms with Gasteiger partial charge < -0.3 is 19.8 Å². The van der Waals surface area contributed by atoms with E-state index in [0.29, 0.717) is 17.4 Å². The van der Waals surface area contributed by atoms with Crippen molar-refractivity contribution in [2.45, 2.75) is 225 Å². The number of carbonyl (C=O) groups excluding carboxylic acids is 1. The smallest absolute Gasteiger partial charge is 0.387 e. The largest absolute Gasteiger partial charge is 0.472 e. The molecule has 0 aliphatic carbocycles. The lowest BCUT2D eigenvalue weighted by molar-refractivity contribution is -0.870. The Morgan fingerprint density at radius 3 is 1.30 bits per heavy atom. The Morgan fingerprint density at radius 1 is 0.493 bits per heavy atom. The maximum Gasteiger partial charge on any atom is 0.472 e. The van der Waals surface area contributed by atoms with Gasteiger partial charge in [-0.05, 0) is 103 Å². The summed E-state index contributed by atoms with van der Waals surface area (Å²) in [6.07, 6.45) is 77.2. The number of amides is 1. The van der Waals surface area contributed by atoms with E-state index in [1.165, 1.54) is 83.5 Å². The van der Waals surface area contributed by atoms with Gasteiger partial charge in [-0.25, -0.2) is 4.57 Å². The molecule has 0 aromatic heterocycles. The second-order valence-corrected chi connectivity index (χ2v) is 21.4. The zero-order chi connectivity index (χ0) is 52.0. The molecule has 0 aliphatic rings. The summed E-state index contributed by atoms with van der Waals surface area (Å²) in [7, 11) is 1.51. The van der Waals surface area contributed by atoms with Gasteiger partial charge in [0.2, 0.25) is 5.91 Å². The average Bonchev–Trinajstić information content (AvgIpc) is 3.33. The highest BCUT2D eigenvalue weighted by atomic mass is 31.2.